The molecule has 156 valence electrons. The van der Waals surface area contributed by atoms with Crippen molar-refractivity contribution in [1.29, 1.82) is 0 Å². The maximum Gasteiger partial charge on any atom is 0.132 e. The maximum atomic E-state index is 10.5. The van der Waals surface area contributed by atoms with Crippen LogP contribution < -0.4 is 4.74 Å². The van der Waals surface area contributed by atoms with Crippen LogP contribution in [0.5, 0.6) is 5.75 Å². The molecule has 0 aliphatic carbocycles. The topological polar surface area (TPSA) is 79.2 Å². The molecule has 2 heterocycles. The minimum atomic E-state index is -1.24. The number of ether oxygens (including phenoxy) is 2. The summed E-state index contributed by atoms with van der Waals surface area (Å²) < 4.78 is 12.4. The average molecular weight is 528 g/mol. The summed E-state index contributed by atoms with van der Waals surface area (Å²) in [5.41, 5.74) is 5.12. The number of thioether (sulfide) groups is 1. The van der Waals surface area contributed by atoms with Crippen molar-refractivity contribution in [3.8, 4) is 5.75 Å². The number of rotatable bonds is 5. The molecule has 0 spiro atoms. The monoisotopic (exact) mass is 528 g/mol. The summed E-state index contributed by atoms with van der Waals surface area (Å²) in [4.78, 5) is 0. The molecule has 2 aliphatic heterocycles. The van der Waals surface area contributed by atoms with Crippen LogP contribution in [0.4, 0.5) is 0 Å². The van der Waals surface area contributed by atoms with Crippen molar-refractivity contribution >= 4 is 34.4 Å². The zero-order chi connectivity index (χ0) is 20.5. The fourth-order valence-corrected chi connectivity index (χ4v) is 5.42. The van der Waals surface area contributed by atoms with Gasteiger partial charge in [-0.2, -0.15) is 0 Å². The van der Waals surface area contributed by atoms with Crippen molar-refractivity contribution in [2.45, 2.75) is 47.1 Å². The average Bonchev–Trinajstić information content (AvgIpc) is 3.20. The van der Waals surface area contributed by atoms with Crippen LogP contribution >= 0.6 is 34.4 Å². The Balaban J connectivity index is 1.63. The highest BCUT2D eigenvalue weighted by molar-refractivity contribution is 14.1. The van der Waals surface area contributed by atoms with Gasteiger partial charge in [0.05, 0.1) is 6.61 Å². The van der Waals surface area contributed by atoms with Crippen molar-refractivity contribution in [3.05, 3.63) is 64.2 Å². The fraction of sp³-hybridized carbons (Fsp3) is 0.455. The van der Waals surface area contributed by atoms with Gasteiger partial charge in [-0.1, -0.05) is 52.9 Å². The van der Waals surface area contributed by atoms with Crippen molar-refractivity contribution in [2.75, 3.05) is 12.9 Å². The number of aliphatic hydroxyl groups excluding tert-OH is 3. The van der Waals surface area contributed by atoms with Crippen LogP contribution in [0, 0.1) is 0 Å². The van der Waals surface area contributed by atoms with Gasteiger partial charge >= 0.3 is 0 Å². The Hall–Kier alpha value is -0.840. The first kappa shape index (κ1) is 21.4. The number of halogens is 1. The molecule has 1 fully saturated rings. The molecule has 0 radical (unpaired) electrons. The molecule has 3 N–H and O–H groups in total. The van der Waals surface area contributed by atoms with E-state index in [1.165, 1.54) is 34.0 Å². The summed E-state index contributed by atoms with van der Waals surface area (Å²) in [5.74, 6) is 0.978. The third-order valence-electron chi connectivity index (χ3n) is 5.65. The van der Waals surface area contributed by atoms with Gasteiger partial charge < -0.3 is 24.8 Å². The molecule has 4 rings (SSSR count). The molecule has 0 amide bonds. The third-order valence-corrected chi connectivity index (χ3v) is 7.33. The number of alkyl halides is 1. The molecule has 5 nitrogen and oxygen atoms in total. The Morgan fingerprint density at radius 1 is 1.03 bits per heavy atom. The minimum Gasteiger partial charge on any atom is -0.493 e. The van der Waals surface area contributed by atoms with E-state index in [0.717, 1.165) is 35.2 Å². The summed E-state index contributed by atoms with van der Waals surface area (Å²) in [6, 6.07) is 12.4. The van der Waals surface area contributed by atoms with Gasteiger partial charge in [0.15, 0.2) is 0 Å². The van der Waals surface area contributed by atoms with Crippen LogP contribution in [-0.2, 0) is 22.0 Å². The van der Waals surface area contributed by atoms with Crippen molar-refractivity contribution in [1.82, 2.24) is 0 Å². The first-order valence-electron chi connectivity index (χ1n) is 9.66. The number of hydrogen-bond donors (Lipinski definition) is 3. The zero-order valence-electron chi connectivity index (χ0n) is 16.1. The lowest BCUT2D eigenvalue weighted by atomic mass is 9.91. The van der Waals surface area contributed by atoms with E-state index in [9.17, 15) is 15.3 Å². The molecule has 2 aromatic rings. The Labute approximate surface area is 188 Å². The van der Waals surface area contributed by atoms with E-state index in [1.807, 2.05) is 18.4 Å². The first-order chi connectivity index (χ1) is 14.0. The van der Waals surface area contributed by atoms with E-state index in [0.29, 0.717) is 0 Å². The van der Waals surface area contributed by atoms with Gasteiger partial charge in [-0.05, 0) is 46.6 Å². The van der Waals surface area contributed by atoms with E-state index < -0.39 is 29.9 Å². The second-order valence-corrected chi connectivity index (χ2v) is 9.21. The molecule has 29 heavy (non-hydrogen) atoms. The Morgan fingerprint density at radius 2 is 1.86 bits per heavy atom. The van der Waals surface area contributed by atoms with Crippen LogP contribution in [-0.4, -0.2) is 51.9 Å². The van der Waals surface area contributed by atoms with Crippen molar-refractivity contribution in [2.24, 2.45) is 0 Å². The SMILES string of the molecule is CS[C@H]1O[C@@H](c2ccc(CI)c(Cc3ccc4c(c3)CCO4)c2)[C@H](O)[C@@H](O)[C@@H]1O. The molecule has 2 aliphatic rings. The number of hydrogen-bond acceptors (Lipinski definition) is 6. The lowest BCUT2D eigenvalue weighted by Gasteiger charge is -2.40. The van der Waals surface area contributed by atoms with Crippen LogP contribution in [0.15, 0.2) is 36.4 Å². The minimum absolute atomic E-state index is 0.581. The van der Waals surface area contributed by atoms with Gasteiger partial charge in [-0.15, -0.1) is 11.8 Å². The van der Waals surface area contributed by atoms with Crippen molar-refractivity contribution in [3.63, 3.8) is 0 Å². The molecule has 7 heteroatoms. The second kappa shape index (κ2) is 9.11. The van der Waals surface area contributed by atoms with Crippen molar-refractivity contribution < 1.29 is 24.8 Å². The predicted molar refractivity (Wildman–Crippen MR) is 122 cm³/mol. The predicted octanol–water partition coefficient (Wildman–Crippen LogP) is 2.99. The second-order valence-electron chi connectivity index (χ2n) is 7.51. The van der Waals surface area contributed by atoms with E-state index in [4.69, 9.17) is 9.47 Å². The smallest absolute Gasteiger partial charge is 0.132 e. The quantitative estimate of drug-likeness (QED) is 0.409. The first-order valence-corrected chi connectivity index (χ1v) is 12.5. The lowest BCUT2D eigenvalue weighted by Crippen LogP contribution is -2.52. The van der Waals surface area contributed by atoms with E-state index in [2.05, 4.69) is 46.9 Å². The van der Waals surface area contributed by atoms with Gasteiger partial charge in [0, 0.05) is 10.8 Å². The van der Waals surface area contributed by atoms with E-state index >= 15 is 0 Å². The summed E-state index contributed by atoms with van der Waals surface area (Å²) in [7, 11) is 0. The molecule has 0 saturated carbocycles. The summed E-state index contributed by atoms with van der Waals surface area (Å²) in [6.45, 7) is 0.745. The maximum absolute atomic E-state index is 10.5. The Kier molecular flexibility index (Phi) is 6.72. The van der Waals surface area contributed by atoms with Crippen LogP contribution in [0.3, 0.4) is 0 Å². The summed E-state index contributed by atoms with van der Waals surface area (Å²) in [5, 5.41) is 30.9. The number of aliphatic hydroxyl groups is 3. The number of benzene rings is 2. The molecule has 2 aromatic carbocycles. The highest BCUT2D eigenvalue weighted by Gasteiger charge is 2.44. The molecule has 0 aromatic heterocycles. The normalized spacial score (nSPS) is 28.8. The van der Waals surface area contributed by atoms with Crippen LogP contribution in [0.25, 0.3) is 0 Å². The zero-order valence-corrected chi connectivity index (χ0v) is 19.1. The van der Waals surface area contributed by atoms with Gasteiger partial charge in [-0.25, -0.2) is 0 Å². The molecular formula is C22H25IO5S. The van der Waals surface area contributed by atoms with E-state index in [-0.39, 0.29) is 0 Å². The summed E-state index contributed by atoms with van der Waals surface area (Å²) in [6.07, 6.45) is -0.670. The van der Waals surface area contributed by atoms with Gasteiger partial charge in [0.1, 0.15) is 35.6 Å². The molecule has 1 saturated heterocycles. The van der Waals surface area contributed by atoms with Gasteiger partial charge in [-0.3, -0.25) is 0 Å². The Morgan fingerprint density at radius 3 is 2.62 bits per heavy atom. The standard InChI is InChI=1S/C22H25IO5S/c1-29-22-20(26)18(24)19(25)21(28-22)14-3-4-15(11-23)16(10-14)9-12-2-5-17-13(8-12)6-7-27-17/h2-5,8,10,18-22,24-26H,6-7,9,11H2,1H3/t18-,19-,20+,21+,22-/m1/s1. The largest absolute Gasteiger partial charge is 0.493 e. The lowest BCUT2D eigenvalue weighted by molar-refractivity contribution is -0.200. The van der Waals surface area contributed by atoms with Crippen LogP contribution in [0.2, 0.25) is 0 Å². The highest BCUT2D eigenvalue weighted by Crippen LogP contribution is 2.37. The third kappa shape index (κ3) is 4.31. The van der Waals surface area contributed by atoms with E-state index in [1.54, 1.807) is 0 Å². The Bertz CT molecular complexity index is 874. The molecule has 0 unspecified atom stereocenters. The summed E-state index contributed by atoms with van der Waals surface area (Å²) >= 11 is 3.69. The number of fused-ring (bicyclic) bond motifs is 1. The van der Waals surface area contributed by atoms with Crippen LogP contribution in [0.1, 0.15) is 33.9 Å². The molecule has 5 atom stereocenters. The molecular weight excluding hydrogens is 503 g/mol. The fourth-order valence-electron chi connectivity index (χ4n) is 4.01. The van der Waals surface area contributed by atoms with Gasteiger partial charge in [0.25, 0.3) is 0 Å². The molecule has 0 bridgehead atoms. The highest BCUT2D eigenvalue weighted by atomic mass is 127. The van der Waals surface area contributed by atoms with Gasteiger partial charge in [0.2, 0.25) is 0 Å².